The van der Waals surface area contributed by atoms with Crippen LogP contribution < -0.4 is 0 Å². The molecule has 0 aliphatic carbocycles. The summed E-state index contributed by atoms with van der Waals surface area (Å²) in [4.78, 5) is 0. The zero-order valence-corrected chi connectivity index (χ0v) is 22.6. The van der Waals surface area contributed by atoms with E-state index in [0.29, 0.717) is 5.92 Å². The molecule has 0 aromatic heterocycles. The quantitative estimate of drug-likeness (QED) is 0.325. The summed E-state index contributed by atoms with van der Waals surface area (Å²) in [7, 11) is 0. The SMILES string of the molecule is [CH2-]C([CH2-])C.[CH3-].[U].[U].[U].[U]. The van der Waals surface area contributed by atoms with Gasteiger partial charge in [-0.15, -0.1) is 6.92 Å². The molecule has 0 aliphatic heterocycles. The molecule has 0 aliphatic rings. The van der Waals surface area contributed by atoms with Crippen molar-refractivity contribution in [2.45, 2.75) is 6.92 Å². The molecule has 0 saturated carbocycles. The molecule has 50 valence electrons. The molecule has 0 heterocycles. The summed E-state index contributed by atoms with van der Waals surface area (Å²) < 4.78 is 0. The topological polar surface area (TPSA) is 0 Å². The van der Waals surface area contributed by atoms with Gasteiger partial charge in [-0.25, -0.2) is 0 Å². The molecule has 9 heavy (non-hydrogen) atoms. The van der Waals surface area contributed by atoms with Gasteiger partial charge < -0.3 is 27.2 Å². The normalized spacial score (nSPS) is 4.00. The average Bonchev–Trinajstić information content (AvgIpc) is 0.811. The Kier molecular flexibility index (Phi) is 124. The van der Waals surface area contributed by atoms with Crippen molar-refractivity contribution < 1.29 is 124 Å². The Labute approximate surface area is 155 Å². The van der Waals surface area contributed by atoms with Crippen molar-refractivity contribution in [3.8, 4) is 0 Å². The molecule has 0 saturated heterocycles. The first-order chi connectivity index (χ1) is 1.73. The molecular weight excluding hydrogens is 1010 g/mol. The summed E-state index contributed by atoms with van der Waals surface area (Å²) in [5.74, 6) is 0.333. The van der Waals surface area contributed by atoms with Gasteiger partial charge in [0.25, 0.3) is 0 Å². The van der Waals surface area contributed by atoms with E-state index in [1.165, 1.54) is 0 Å². The smallest absolute Gasteiger partial charge is 0 e. The summed E-state index contributed by atoms with van der Waals surface area (Å²) in [6.07, 6.45) is 0. The molecule has 0 N–H and O–H groups in total. The van der Waals surface area contributed by atoms with Crippen molar-refractivity contribution in [2.24, 2.45) is 5.92 Å². The first-order valence-corrected chi connectivity index (χ1v) is 1.39. The van der Waals surface area contributed by atoms with E-state index in [-0.39, 0.29) is 132 Å². The summed E-state index contributed by atoms with van der Waals surface area (Å²) in [5, 5.41) is 0. The van der Waals surface area contributed by atoms with Gasteiger partial charge in [-0.1, -0.05) is 0 Å². The molecule has 0 amide bonds. The van der Waals surface area contributed by atoms with E-state index in [4.69, 9.17) is 0 Å². The molecule has 0 aromatic carbocycles. The van der Waals surface area contributed by atoms with E-state index >= 15 is 0 Å². The van der Waals surface area contributed by atoms with Gasteiger partial charge in [-0.2, -0.15) is 0 Å². The third kappa shape index (κ3) is 71.8. The van der Waals surface area contributed by atoms with Gasteiger partial charge >= 0.3 is 0 Å². The fourth-order valence-corrected chi connectivity index (χ4v) is 0. The Bertz CT molecular complexity index is 13.7. The molecule has 0 radical (unpaired) electrons. The largest absolute Gasteiger partial charge is 0.370 e. The second-order valence-corrected chi connectivity index (χ2v) is 1.11. The summed E-state index contributed by atoms with van der Waals surface area (Å²) in [6.45, 7) is 9.00. The van der Waals surface area contributed by atoms with Crippen molar-refractivity contribution in [1.82, 2.24) is 0 Å². The van der Waals surface area contributed by atoms with Crippen LogP contribution in [-0.4, -0.2) is 0 Å². The molecular formula is C5H11U4-3. The van der Waals surface area contributed by atoms with Crippen LogP contribution in [0.15, 0.2) is 0 Å². The minimum absolute atomic E-state index is 0. The van der Waals surface area contributed by atoms with Crippen molar-refractivity contribution in [3.63, 3.8) is 0 Å². The maximum absolute atomic E-state index is 3.53. The molecule has 4 heteroatoms. The molecule has 0 spiro atoms. The fourth-order valence-electron chi connectivity index (χ4n) is 0. The first kappa shape index (κ1) is 37.9. The van der Waals surface area contributed by atoms with Crippen LogP contribution in [0.2, 0.25) is 0 Å². The van der Waals surface area contributed by atoms with E-state index in [2.05, 4.69) is 13.8 Å². The van der Waals surface area contributed by atoms with Crippen LogP contribution in [0.1, 0.15) is 6.92 Å². The minimum Gasteiger partial charge on any atom is -0.370 e. The first-order valence-electron chi connectivity index (χ1n) is 1.39. The van der Waals surface area contributed by atoms with Crippen molar-refractivity contribution in [1.29, 1.82) is 0 Å². The van der Waals surface area contributed by atoms with Gasteiger partial charge in [0, 0.05) is 124 Å². The number of rotatable bonds is 0. The third-order valence-electron chi connectivity index (χ3n) is 0. The third-order valence-corrected chi connectivity index (χ3v) is 0. The Morgan fingerprint density at radius 3 is 0.889 bits per heavy atom. The molecule has 0 atom stereocenters. The van der Waals surface area contributed by atoms with Crippen LogP contribution in [0.4, 0.5) is 0 Å². The number of hydrogen-bond donors (Lipinski definition) is 0. The van der Waals surface area contributed by atoms with E-state index < -0.39 is 0 Å². The minimum atomic E-state index is 0. The van der Waals surface area contributed by atoms with Crippen LogP contribution in [0.5, 0.6) is 0 Å². The molecule has 0 aromatic rings. The van der Waals surface area contributed by atoms with E-state index in [9.17, 15) is 0 Å². The Morgan fingerprint density at radius 2 is 0.889 bits per heavy atom. The van der Waals surface area contributed by atoms with Crippen molar-refractivity contribution in [2.75, 3.05) is 0 Å². The van der Waals surface area contributed by atoms with Crippen LogP contribution >= 0.6 is 0 Å². The van der Waals surface area contributed by atoms with E-state index in [1.54, 1.807) is 0 Å². The van der Waals surface area contributed by atoms with Crippen LogP contribution in [0.25, 0.3) is 0 Å². The van der Waals surface area contributed by atoms with Gasteiger partial charge in [0.1, 0.15) is 0 Å². The van der Waals surface area contributed by atoms with Crippen LogP contribution in [0, 0.1) is 152 Å². The average molecular weight is 1020 g/mol. The molecule has 0 fully saturated rings. The van der Waals surface area contributed by atoms with E-state index in [0.717, 1.165) is 0 Å². The van der Waals surface area contributed by atoms with Crippen LogP contribution in [-0.2, 0) is 0 Å². The Balaban J connectivity index is -0.00000000450. The predicted octanol–water partition coefficient (Wildman–Crippen LogP) is 1.74. The standard InChI is InChI=1S/C4H8.CH3.4U/c1-4(2)3;;;;;/h4H,1-2H2,3H3;1H3;;;;/q-2;-1;;;;. The maximum Gasteiger partial charge on any atom is 0 e. The zero-order chi connectivity index (χ0) is 3.58. The second-order valence-electron chi connectivity index (χ2n) is 1.11. The van der Waals surface area contributed by atoms with Gasteiger partial charge in [0.15, 0.2) is 0 Å². The molecule has 0 unspecified atom stereocenters. The van der Waals surface area contributed by atoms with Crippen molar-refractivity contribution in [3.05, 3.63) is 21.3 Å². The number of hydrogen-bond acceptors (Lipinski definition) is 0. The summed E-state index contributed by atoms with van der Waals surface area (Å²) in [6, 6.07) is 0. The van der Waals surface area contributed by atoms with E-state index in [1.807, 2.05) is 6.92 Å². The van der Waals surface area contributed by atoms with Gasteiger partial charge in [0.05, 0.1) is 0 Å². The monoisotopic (exact) mass is 1020 g/mol. The summed E-state index contributed by atoms with van der Waals surface area (Å²) >= 11 is 0. The molecule has 0 rings (SSSR count). The van der Waals surface area contributed by atoms with Gasteiger partial charge in [-0.3, -0.25) is 0 Å². The maximum atomic E-state index is 3.53. The molecule has 0 nitrogen and oxygen atoms in total. The molecule has 0 bridgehead atoms. The van der Waals surface area contributed by atoms with Gasteiger partial charge in [0.2, 0.25) is 0 Å². The Hall–Kier alpha value is 4.21. The zero-order valence-electron chi connectivity index (χ0n) is 5.99. The van der Waals surface area contributed by atoms with Gasteiger partial charge in [-0.05, 0) is 0 Å². The van der Waals surface area contributed by atoms with Crippen LogP contribution in [0.3, 0.4) is 0 Å². The Morgan fingerprint density at radius 1 is 0.889 bits per heavy atom. The second kappa shape index (κ2) is 29.5. The fraction of sp³-hybridized carbons (Fsp3) is 0.400. The predicted molar refractivity (Wildman–Crippen MR) is 26.3 cm³/mol. The summed E-state index contributed by atoms with van der Waals surface area (Å²) in [5.41, 5.74) is 0. The van der Waals surface area contributed by atoms with Crippen molar-refractivity contribution >= 4 is 0 Å².